The predicted octanol–water partition coefficient (Wildman–Crippen LogP) is 2.30. The average molecular weight is 255 g/mol. The SMILES string of the molecule is CC1Cc2ccccc2N(c2cncc(CO)n2)C1. The summed E-state index contributed by atoms with van der Waals surface area (Å²) >= 11 is 0. The van der Waals surface area contributed by atoms with Crippen LogP contribution < -0.4 is 4.90 Å². The van der Waals surface area contributed by atoms with E-state index in [9.17, 15) is 5.11 Å². The van der Waals surface area contributed by atoms with Gasteiger partial charge < -0.3 is 10.0 Å². The van der Waals surface area contributed by atoms with Crippen LogP contribution in [0.1, 0.15) is 18.2 Å². The van der Waals surface area contributed by atoms with E-state index in [1.54, 1.807) is 12.4 Å². The maximum Gasteiger partial charge on any atom is 0.151 e. The number of aliphatic hydroxyl groups excluding tert-OH is 1. The third-order valence-electron chi connectivity index (χ3n) is 3.46. The molecule has 0 amide bonds. The van der Waals surface area contributed by atoms with E-state index in [-0.39, 0.29) is 6.61 Å². The van der Waals surface area contributed by atoms with Gasteiger partial charge in [0.2, 0.25) is 0 Å². The van der Waals surface area contributed by atoms with Crippen LogP contribution in [0.3, 0.4) is 0 Å². The smallest absolute Gasteiger partial charge is 0.151 e. The van der Waals surface area contributed by atoms with Gasteiger partial charge in [-0.2, -0.15) is 0 Å². The largest absolute Gasteiger partial charge is 0.390 e. The van der Waals surface area contributed by atoms with Crippen molar-refractivity contribution in [2.24, 2.45) is 5.92 Å². The third-order valence-corrected chi connectivity index (χ3v) is 3.46. The lowest BCUT2D eigenvalue weighted by atomic mass is 9.94. The molecule has 1 aliphatic rings. The normalized spacial score (nSPS) is 18.2. The minimum Gasteiger partial charge on any atom is -0.390 e. The quantitative estimate of drug-likeness (QED) is 0.894. The van der Waals surface area contributed by atoms with Crippen LogP contribution in [0.2, 0.25) is 0 Å². The summed E-state index contributed by atoms with van der Waals surface area (Å²) in [5.41, 5.74) is 3.15. The van der Waals surface area contributed by atoms with E-state index in [4.69, 9.17) is 0 Å². The molecule has 1 N–H and O–H groups in total. The van der Waals surface area contributed by atoms with Gasteiger partial charge in [-0.15, -0.1) is 0 Å². The van der Waals surface area contributed by atoms with Crippen LogP contribution in [0.4, 0.5) is 11.5 Å². The fourth-order valence-electron chi connectivity index (χ4n) is 2.61. The molecule has 1 aromatic heterocycles. The summed E-state index contributed by atoms with van der Waals surface area (Å²) in [6.45, 7) is 3.10. The molecule has 2 aromatic rings. The number of nitrogens with zero attached hydrogens (tertiary/aromatic N) is 3. The number of para-hydroxylation sites is 1. The van der Waals surface area contributed by atoms with Crippen molar-refractivity contribution >= 4 is 11.5 Å². The maximum atomic E-state index is 9.19. The van der Waals surface area contributed by atoms with Crippen molar-refractivity contribution in [1.29, 1.82) is 0 Å². The van der Waals surface area contributed by atoms with Crippen molar-refractivity contribution in [2.45, 2.75) is 20.0 Å². The highest BCUT2D eigenvalue weighted by molar-refractivity contribution is 5.65. The Morgan fingerprint density at radius 2 is 2.16 bits per heavy atom. The molecule has 1 atom stereocenters. The zero-order valence-corrected chi connectivity index (χ0v) is 11.0. The number of hydrogen-bond donors (Lipinski definition) is 1. The van der Waals surface area contributed by atoms with E-state index >= 15 is 0 Å². The van der Waals surface area contributed by atoms with Gasteiger partial charge in [0.1, 0.15) is 0 Å². The molecule has 4 nitrogen and oxygen atoms in total. The summed E-state index contributed by atoms with van der Waals surface area (Å²) in [6, 6.07) is 8.41. The second-order valence-corrected chi connectivity index (χ2v) is 5.08. The lowest BCUT2D eigenvalue weighted by molar-refractivity contribution is 0.276. The highest BCUT2D eigenvalue weighted by Gasteiger charge is 2.23. The number of aromatic nitrogens is 2. The van der Waals surface area contributed by atoms with Gasteiger partial charge in [-0.1, -0.05) is 25.1 Å². The fourth-order valence-corrected chi connectivity index (χ4v) is 2.61. The molecule has 0 saturated carbocycles. The molecule has 4 heteroatoms. The first-order valence-corrected chi connectivity index (χ1v) is 6.55. The van der Waals surface area contributed by atoms with E-state index in [0.717, 1.165) is 18.8 Å². The van der Waals surface area contributed by atoms with E-state index < -0.39 is 0 Å². The molecule has 1 unspecified atom stereocenters. The van der Waals surface area contributed by atoms with E-state index in [2.05, 4.69) is 40.0 Å². The molecule has 1 aliphatic heterocycles. The van der Waals surface area contributed by atoms with Crippen LogP contribution >= 0.6 is 0 Å². The van der Waals surface area contributed by atoms with Crippen LogP contribution in [0, 0.1) is 5.92 Å². The first kappa shape index (κ1) is 12.1. The van der Waals surface area contributed by atoms with E-state index in [1.165, 1.54) is 11.3 Å². The Bertz CT molecular complexity index is 585. The summed E-state index contributed by atoms with van der Waals surface area (Å²) < 4.78 is 0. The van der Waals surface area contributed by atoms with Crippen molar-refractivity contribution in [1.82, 2.24) is 9.97 Å². The number of rotatable bonds is 2. The standard InChI is InChI=1S/C15H17N3O/c1-11-6-12-4-2-3-5-14(12)18(9-11)15-8-16-7-13(10-19)17-15/h2-5,7-8,11,19H,6,9-10H2,1H3. The van der Waals surface area contributed by atoms with Crippen molar-refractivity contribution in [3.05, 3.63) is 47.9 Å². The van der Waals surface area contributed by atoms with Gasteiger partial charge in [0, 0.05) is 12.2 Å². The Morgan fingerprint density at radius 3 is 3.00 bits per heavy atom. The molecule has 0 fully saturated rings. The number of benzene rings is 1. The summed E-state index contributed by atoms with van der Waals surface area (Å²) in [6.07, 6.45) is 4.45. The molecule has 0 bridgehead atoms. The van der Waals surface area contributed by atoms with Gasteiger partial charge in [-0.3, -0.25) is 4.98 Å². The monoisotopic (exact) mass is 255 g/mol. The lowest BCUT2D eigenvalue weighted by Crippen LogP contribution is -2.31. The van der Waals surface area contributed by atoms with Crippen LogP contribution in [-0.4, -0.2) is 21.6 Å². The molecule has 3 rings (SSSR count). The van der Waals surface area contributed by atoms with Gasteiger partial charge in [0.05, 0.1) is 24.7 Å². The molecule has 2 heterocycles. The fraction of sp³-hybridized carbons (Fsp3) is 0.333. The molecule has 0 saturated heterocycles. The zero-order valence-electron chi connectivity index (χ0n) is 11.0. The Labute approximate surface area is 112 Å². The molecule has 98 valence electrons. The van der Waals surface area contributed by atoms with Crippen LogP contribution in [-0.2, 0) is 13.0 Å². The molecule has 19 heavy (non-hydrogen) atoms. The first-order valence-electron chi connectivity index (χ1n) is 6.55. The Balaban J connectivity index is 2.04. The molecular weight excluding hydrogens is 238 g/mol. The molecule has 0 aliphatic carbocycles. The minimum atomic E-state index is -0.0775. The number of hydrogen-bond acceptors (Lipinski definition) is 4. The van der Waals surface area contributed by atoms with Crippen LogP contribution in [0.15, 0.2) is 36.7 Å². The van der Waals surface area contributed by atoms with Crippen molar-refractivity contribution in [3.8, 4) is 0 Å². The Morgan fingerprint density at radius 1 is 1.32 bits per heavy atom. The number of aliphatic hydroxyl groups is 1. The highest BCUT2D eigenvalue weighted by Crippen LogP contribution is 2.33. The summed E-state index contributed by atoms with van der Waals surface area (Å²) in [7, 11) is 0. The maximum absolute atomic E-state index is 9.19. The first-order chi connectivity index (χ1) is 9.28. The predicted molar refractivity (Wildman–Crippen MR) is 74.3 cm³/mol. The summed E-state index contributed by atoms with van der Waals surface area (Å²) in [4.78, 5) is 10.8. The van der Waals surface area contributed by atoms with Crippen LogP contribution in [0.5, 0.6) is 0 Å². The van der Waals surface area contributed by atoms with Crippen molar-refractivity contribution < 1.29 is 5.11 Å². The summed E-state index contributed by atoms with van der Waals surface area (Å²) in [5, 5.41) is 9.19. The van der Waals surface area contributed by atoms with Gasteiger partial charge >= 0.3 is 0 Å². The highest BCUT2D eigenvalue weighted by atomic mass is 16.3. The lowest BCUT2D eigenvalue weighted by Gasteiger charge is -2.33. The molecular formula is C15H17N3O. The van der Waals surface area contributed by atoms with E-state index in [1.807, 2.05) is 6.07 Å². The Hall–Kier alpha value is -1.94. The van der Waals surface area contributed by atoms with Gasteiger partial charge in [-0.05, 0) is 24.0 Å². The summed E-state index contributed by atoms with van der Waals surface area (Å²) in [5.74, 6) is 1.39. The van der Waals surface area contributed by atoms with Crippen molar-refractivity contribution in [2.75, 3.05) is 11.4 Å². The minimum absolute atomic E-state index is 0.0775. The number of fused-ring (bicyclic) bond motifs is 1. The Kier molecular flexibility index (Phi) is 3.17. The van der Waals surface area contributed by atoms with Crippen LogP contribution in [0.25, 0.3) is 0 Å². The second-order valence-electron chi connectivity index (χ2n) is 5.08. The average Bonchev–Trinajstić information content (AvgIpc) is 2.46. The van der Waals surface area contributed by atoms with Gasteiger partial charge in [0.25, 0.3) is 0 Å². The van der Waals surface area contributed by atoms with Gasteiger partial charge in [0.15, 0.2) is 5.82 Å². The molecule has 0 radical (unpaired) electrons. The molecule has 1 aromatic carbocycles. The third kappa shape index (κ3) is 2.31. The van der Waals surface area contributed by atoms with Crippen molar-refractivity contribution in [3.63, 3.8) is 0 Å². The van der Waals surface area contributed by atoms with Gasteiger partial charge in [-0.25, -0.2) is 4.98 Å². The molecule has 0 spiro atoms. The zero-order chi connectivity index (χ0) is 13.2. The van der Waals surface area contributed by atoms with E-state index in [0.29, 0.717) is 11.6 Å². The second kappa shape index (κ2) is 4.97. The topological polar surface area (TPSA) is 49.2 Å². The number of anilines is 2.